The van der Waals surface area contributed by atoms with Gasteiger partial charge in [0, 0.05) is 39.3 Å². The second kappa shape index (κ2) is 8.59. The van der Waals surface area contributed by atoms with Crippen LogP contribution < -0.4 is 5.32 Å². The Morgan fingerprint density at radius 3 is 2.52 bits per heavy atom. The van der Waals surface area contributed by atoms with Crippen LogP contribution in [-0.4, -0.2) is 74.8 Å². The van der Waals surface area contributed by atoms with E-state index in [1.165, 1.54) is 19.5 Å². The Balaban J connectivity index is 1.83. The minimum absolute atomic E-state index is 0.442. The van der Waals surface area contributed by atoms with Gasteiger partial charge in [0.1, 0.15) is 0 Å². The Labute approximate surface area is 129 Å². The Morgan fingerprint density at radius 1 is 1.19 bits per heavy atom. The summed E-state index contributed by atoms with van der Waals surface area (Å²) in [6, 6.07) is 0. The molecule has 0 radical (unpaired) electrons. The van der Waals surface area contributed by atoms with Crippen LogP contribution in [0, 0.1) is 5.92 Å². The van der Waals surface area contributed by atoms with Gasteiger partial charge in [-0.2, -0.15) is 0 Å². The van der Waals surface area contributed by atoms with Crippen molar-refractivity contribution in [1.29, 1.82) is 0 Å². The summed E-state index contributed by atoms with van der Waals surface area (Å²) in [7, 11) is 2.20. The van der Waals surface area contributed by atoms with Crippen LogP contribution in [0.5, 0.6) is 0 Å². The first-order valence-electron chi connectivity index (χ1n) is 8.56. The maximum atomic E-state index is 5.73. The number of nitrogens with one attached hydrogen (secondary N) is 1. The molecule has 2 aliphatic heterocycles. The van der Waals surface area contributed by atoms with E-state index in [1.807, 2.05) is 0 Å². The summed E-state index contributed by atoms with van der Waals surface area (Å²) in [5, 5.41) is 3.46. The van der Waals surface area contributed by atoms with E-state index in [-0.39, 0.29) is 0 Å². The van der Waals surface area contributed by atoms with Gasteiger partial charge in [-0.15, -0.1) is 0 Å². The molecule has 21 heavy (non-hydrogen) atoms. The first kappa shape index (κ1) is 16.6. The minimum atomic E-state index is 0.442. The highest BCUT2D eigenvalue weighted by Gasteiger charge is 2.23. The summed E-state index contributed by atoms with van der Waals surface area (Å²) in [5.74, 6) is 1.83. The molecule has 0 bridgehead atoms. The number of aliphatic imine (C=N–C) groups is 1. The van der Waals surface area contributed by atoms with Crippen molar-refractivity contribution in [3.05, 3.63) is 0 Å². The zero-order valence-corrected chi connectivity index (χ0v) is 14.0. The molecule has 122 valence electrons. The van der Waals surface area contributed by atoms with E-state index in [0.29, 0.717) is 6.10 Å². The number of hydrogen-bond donors (Lipinski definition) is 1. The van der Waals surface area contributed by atoms with Crippen LogP contribution in [0.3, 0.4) is 0 Å². The molecule has 1 N–H and O–H groups in total. The van der Waals surface area contributed by atoms with E-state index < -0.39 is 0 Å². The van der Waals surface area contributed by atoms with Crippen molar-refractivity contribution in [1.82, 2.24) is 15.1 Å². The molecule has 0 aliphatic carbocycles. The van der Waals surface area contributed by atoms with Crippen LogP contribution in [0.25, 0.3) is 0 Å². The van der Waals surface area contributed by atoms with Gasteiger partial charge in [-0.05, 0) is 52.6 Å². The average molecular weight is 296 g/mol. The molecule has 2 saturated heterocycles. The first-order chi connectivity index (χ1) is 10.2. The number of guanidine groups is 1. The van der Waals surface area contributed by atoms with Crippen LogP contribution in [-0.2, 0) is 4.74 Å². The monoisotopic (exact) mass is 296 g/mol. The summed E-state index contributed by atoms with van der Waals surface area (Å²) in [6.45, 7) is 11.5. The average Bonchev–Trinajstić information content (AvgIpc) is 2.90. The molecular weight excluding hydrogens is 264 g/mol. The van der Waals surface area contributed by atoms with Gasteiger partial charge in [-0.25, -0.2) is 0 Å². The molecule has 2 aliphatic rings. The maximum absolute atomic E-state index is 5.73. The third kappa shape index (κ3) is 5.15. The number of piperidine rings is 1. The lowest BCUT2D eigenvalue weighted by Crippen LogP contribution is -2.47. The first-order valence-corrected chi connectivity index (χ1v) is 8.56. The van der Waals surface area contributed by atoms with E-state index in [0.717, 1.165) is 57.5 Å². The zero-order chi connectivity index (χ0) is 15.1. The molecule has 2 heterocycles. The van der Waals surface area contributed by atoms with E-state index in [2.05, 4.69) is 36.0 Å². The molecular formula is C16H32N4O. The maximum Gasteiger partial charge on any atom is 0.193 e. The van der Waals surface area contributed by atoms with Crippen molar-refractivity contribution in [2.45, 2.75) is 39.2 Å². The fourth-order valence-electron chi connectivity index (χ4n) is 3.29. The van der Waals surface area contributed by atoms with Crippen LogP contribution in [0.2, 0.25) is 0 Å². The number of hydrogen-bond acceptors (Lipinski definition) is 3. The number of rotatable bonds is 5. The largest absolute Gasteiger partial charge is 0.378 e. The second-order valence-corrected chi connectivity index (χ2v) is 6.25. The van der Waals surface area contributed by atoms with Gasteiger partial charge in [0.15, 0.2) is 5.96 Å². The summed E-state index contributed by atoms with van der Waals surface area (Å²) in [5.41, 5.74) is 0. The SMILES string of the molecule is CCNC(=NCC1CCN(C)C1)N1CCC(OCC)CC1. The molecule has 1 unspecified atom stereocenters. The zero-order valence-electron chi connectivity index (χ0n) is 14.0. The molecule has 0 aromatic rings. The molecule has 2 rings (SSSR count). The topological polar surface area (TPSA) is 40.1 Å². The molecule has 0 aromatic carbocycles. The van der Waals surface area contributed by atoms with Crippen molar-refractivity contribution in [3.63, 3.8) is 0 Å². The van der Waals surface area contributed by atoms with Crippen molar-refractivity contribution in [2.75, 3.05) is 52.9 Å². The van der Waals surface area contributed by atoms with Gasteiger partial charge >= 0.3 is 0 Å². The van der Waals surface area contributed by atoms with Crippen LogP contribution in [0.1, 0.15) is 33.1 Å². The van der Waals surface area contributed by atoms with Gasteiger partial charge in [-0.1, -0.05) is 0 Å². The predicted octanol–water partition coefficient (Wildman–Crippen LogP) is 1.40. The molecule has 2 fully saturated rings. The van der Waals surface area contributed by atoms with Crippen molar-refractivity contribution < 1.29 is 4.74 Å². The standard InChI is InChI=1S/C16H32N4O/c1-4-17-16(18-12-14-6-9-19(3)13-14)20-10-7-15(8-11-20)21-5-2/h14-15H,4-13H2,1-3H3,(H,17,18). The summed E-state index contributed by atoms with van der Waals surface area (Å²) < 4.78 is 5.73. The summed E-state index contributed by atoms with van der Waals surface area (Å²) in [4.78, 5) is 9.69. The third-order valence-electron chi connectivity index (χ3n) is 4.47. The fourth-order valence-corrected chi connectivity index (χ4v) is 3.29. The van der Waals surface area contributed by atoms with Crippen molar-refractivity contribution in [2.24, 2.45) is 10.9 Å². The van der Waals surface area contributed by atoms with Gasteiger partial charge in [-0.3, -0.25) is 4.99 Å². The molecule has 0 spiro atoms. The minimum Gasteiger partial charge on any atom is -0.378 e. The molecule has 1 atom stereocenters. The molecule has 5 nitrogen and oxygen atoms in total. The lowest BCUT2D eigenvalue weighted by atomic mass is 10.1. The third-order valence-corrected chi connectivity index (χ3v) is 4.47. The Morgan fingerprint density at radius 2 is 1.95 bits per heavy atom. The highest BCUT2D eigenvalue weighted by molar-refractivity contribution is 5.80. The van der Waals surface area contributed by atoms with Crippen LogP contribution in [0.4, 0.5) is 0 Å². The highest BCUT2D eigenvalue weighted by atomic mass is 16.5. The highest BCUT2D eigenvalue weighted by Crippen LogP contribution is 2.16. The molecule has 0 aromatic heterocycles. The molecule has 0 amide bonds. The van der Waals surface area contributed by atoms with Crippen molar-refractivity contribution >= 4 is 5.96 Å². The number of ether oxygens (including phenoxy) is 1. The Bertz CT molecular complexity index is 326. The lowest BCUT2D eigenvalue weighted by Gasteiger charge is -2.34. The summed E-state index contributed by atoms with van der Waals surface area (Å²) in [6.07, 6.45) is 3.96. The normalized spacial score (nSPS) is 25.6. The fraction of sp³-hybridized carbons (Fsp3) is 0.938. The quantitative estimate of drug-likeness (QED) is 0.615. The smallest absolute Gasteiger partial charge is 0.193 e. The predicted molar refractivity (Wildman–Crippen MR) is 87.8 cm³/mol. The number of likely N-dealkylation sites (tertiary alicyclic amines) is 2. The van der Waals surface area contributed by atoms with Gasteiger partial charge in [0.05, 0.1) is 6.10 Å². The van der Waals surface area contributed by atoms with Crippen LogP contribution >= 0.6 is 0 Å². The van der Waals surface area contributed by atoms with Crippen molar-refractivity contribution in [3.8, 4) is 0 Å². The molecule has 5 heteroatoms. The Kier molecular flexibility index (Phi) is 6.77. The van der Waals surface area contributed by atoms with Gasteiger partial charge in [0.2, 0.25) is 0 Å². The van der Waals surface area contributed by atoms with Gasteiger partial charge in [0.25, 0.3) is 0 Å². The summed E-state index contributed by atoms with van der Waals surface area (Å²) >= 11 is 0. The van der Waals surface area contributed by atoms with E-state index in [4.69, 9.17) is 9.73 Å². The molecule has 0 saturated carbocycles. The number of nitrogens with zero attached hydrogens (tertiary/aromatic N) is 3. The second-order valence-electron chi connectivity index (χ2n) is 6.25. The Hall–Kier alpha value is -0.810. The van der Waals surface area contributed by atoms with E-state index in [9.17, 15) is 0 Å². The van der Waals surface area contributed by atoms with E-state index in [1.54, 1.807) is 0 Å². The lowest BCUT2D eigenvalue weighted by molar-refractivity contribution is 0.0263. The van der Waals surface area contributed by atoms with Crippen LogP contribution in [0.15, 0.2) is 4.99 Å². The van der Waals surface area contributed by atoms with Gasteiger partial charge < -0.3 is 19.9 Å². The van der Waals surface area contributed by atoms with E-state index >= 15 is 0 Å².